The minimum absolute atomic E-state index is 0.550. The molecule has 0 N–H and O–H groups in total. The van der Waals surface area contributed by atoms with Gasteiger partial charge in [-0.3, -0.25) is 0 Å². The van der Waals surface area contributed by atoms with Gasteiger partial charge in [-0.05, 0) is 42.3 Å². The first-order chi connectivity index (χ1) is 14.8. The fourth-order valence-corrected chi connectivity index (χ4v) is 3.31. The minimum Gasteiger partial charge on any atom is -0.439 e. The highest BCUT2D eigenvalue weighted by Gasteiger charge is 2.10. The molecule has 4 nitrogen and oxygen atoms in total. The summed E-state index contributed by atoms with van der Waals surface area (Å²) in [6.07, 6.45) is 1.82. The number of rotatable bonds is 4. The van der Waals surface area contributed by atoms with Crippen molar-refractivity contribution in [3.05, 3.63) is 103 Å². The van der Waals surface area contributed by atoms with Crippen LogP contribution in [0.5, 0.6) is 11.6 Å². The fourth-order valence-electron chi connectivity index (χ4n) is 3.31. The van der Waals surface area contributed by atoms with Crippen molar-refractivity contribution in [2.45, 2.75) is 6.92 Å². The summed E-state index contributed by atoms with van der Waals surface area (Å²) in [4.78, 5) is 13.8. The van der Waals surface area contributed by atoms with Crippen molar-refractivity contribution in [1.82, 2.24) is 15.0 Å². The zero-order valence-corrected chi connectivity index (χ0v) is 16.5. The molecule has 0 saturated heterocycles. The number of ether oxygens (including phenoxy) is 1. The van der Waals surface area contributed by atoms with Crippen molar-refractivity contribution in [3.8, 4) is 34.3 Å². The Morgan fingerprint density at radius 2 is 1.50 bits per heavy atom. The lowest BCUT2D eigenvalue weighted by molar-refractivity contribution is 0.459. The Bertz CT molecular complexity index is 1330. The Labute approximate surface area is 174 Å². The predicted molar refractivity (Wildman–Crippen MR) is 119 cm³/mol. The first-order valence-corrected chi connectivity index (χ1v) is 9.79. The Kier molecular flexibility index (Phi) is 4.66. The number of fused-ring (bicyclic) bond motifs is 1. The molecule has 0 aliphatic carbocycles. The van der Waals surface area contributed by atoms with Gasteiger partial charge in [-0.2, -0.15) is 0 Å². The van der Waals surface area contributed by atoms with Crippen molar-refractivity contribution in [1.29, 1.82) is 0 Å². The van der Waals surface area contributed by atoms with Gasteiger partial charge in [-0.15, -0.1) is 0 Å². The monoisotopic (exact) mass is 389 g/mol. The topological polar surface area (TPSA) is 47.9 Å². The minimum atomic E-state index is 0.550. The average Bonchev–Trinajstić information content (AvgIpc) is 2.81. The summed E-state index contributed by atoms with van der Waals surface area (Å²) in [6.45, 7) is 1.98. The summed E-state index contributed by atoms with van der Waals surface area (Å²) in [7, 11) is 0. The molecule has 0 aliphatic rings. The summed E-state index contributed by atoms with van der Waals surface area (Å²) in [5.41, 5.74) is 4.76. The molecular weight excluding hydrogens is 370 g/mol. The van der Waals surface area contributed by atoms with E-state index in [4.69, 9.17) is 9.72 Å². The van der Waals surface area contributed by atoms with Gasteiger partial charge in [0.05, 0.1) is 5.52 Å². The van der Waals surface area contributed by atoms with Crippen molar-refractivity contribution in [2.24, 2.45) is 0 Å². The number of pyridine rings is 1. The van der Waals surface area contributed by atoms with Gasteiger partial charge in [-0.25, -0.2) is 15.0 Å². The zero-order chi connectivity index (χ0) is 20.3. The second-order valence-corrected chi connectivity index (χ2v) is 7.07. The quantitative estimate of drug-likeness (QED) is 0.354. The first-order valence-electron chi connectivity index (χ1n) is 9.79. The lowest BCUT2D eigenvalue weighted by atomic mass is 10.1. The molecular formula is C26H19N3O. The molecule has 144 valence electrons. The van der Waals surface area contributed by atoms with E-state index in [0.29, 0.717) is 17.4 Å². The van der Waals surface area contributed by atoms with Crippen molar-refractivity contribution in [2.75, 3.05) is 0 Å². The largest absolute Gasteiger partial charge is 0.439 e. The Hall–Kier alpha value is -4.05. The van der Waals surface area contributed by atoms with E-state index in [9.17, 15) is 0 Å². The van der Waals surface area contributed by atoms with E-state index in [0.717, 1.165) is 33.3 Å². The van der Waals surface area contributed by atoms with Crippen LogP contribution < -0.4 is 4.74 Å². The van der Waals surface area contributed by atoms with Gasteiger partial charge < -0.3 is 4.74 Å². The second-order valence-electron chi connectivity index (χ2n) is 7.07. The van der Waals surface area contributed by atoms with Gasteiger partial charge in [0, 0.05) is 17.1 Å². The highest BCUT2D eigenvalue weighted by molar-refractivity contribution is 5.79. The van der Waals surface area contributed by atoms with E-state index < -0.39 is 0 Å². The van der Waals surface area contributed by atoms with Crippen molar-refractivity contribution < 1.29 is 4.74 Å². The molecule has 2 heterocycles. The molecule has 3 aromatic carbocycles. The molecule has 0 unspecified atom stereocenters. The van der Waals surface area contributed by atoms with Gasteiger partial charge in [-0.1, -0.05) is 66.7 Å². The van der Waals surface area contributed by atoms with Crippen LogP contribution in [0.3, 0.4) is 0 Å². The van der Waals surface area contributed by atoms with Gasteiger partial charge in [0.2, 0.25) is 5.88 Å². The normalized spacial score (nSPS) is 10.8. The van der Waals surface area contributed by atoms with Crippen LogP contribution in [0.15, 0.2) is 97.2 Å². The van der Waals surface area contributed by atoms with Gasteiger partial charge >= 0.3 is 0 Å². The van der Waals surface area contributed by atoms with Crippen LogP contribution in [0, 0.1) is 6.92 Å². The predicted octanol–water partition coefficient (Wildman–Crippen LogP) is 6.46. The number of nitrogens with zero attached hydrogens (tertiary/aromatic N) is 3. The van der Waals surface area contributed by atoms with E-state index in [1.807, 2.05) is 85.9 Å². The molecule has 4 heteroatoms. The highest BCUT2D eigenvalue weighted by atomic mass is 16.5. The number of hydrogen-bond donors (Lipinski definition) is 0. The SMILES string of the molecule is Cc1ccc(-c2ncc3ccccc3n2)nc1Oc1cccc(-c2ccccc2)c1. The van der Waals surface area contributed by atoms with Crippen LogP contribution in [0.4, 0.5) is 0 Å². The third-order valence-electron chi connectivity index (χ3n) is 4.92. The number of hydrogen-bond acceptors (Lipinski definition) is 4. The standard InChI is InChI=1S/C26H19N3O/c1-18-14-15-24(25-27-17-21-10-5-6-13-23(21)28-25)29-26(18)30-22-12-7-11-20(16-22)19-8-3-2-4-9-19/h2-17H,1H3. The van der Waals surface area contributed by atoms with Crippen molar-refractivity contribution in [3.63, 3.8) is 0 Å². The Balaban J connectivity index is 1.48. The molecule has 0 spiro atoms. The maximum Gasteiger partial charge on any atom is 0.222 e. The molecule has 5 rings (SSSR count). The molecule has 0 radical (unpaired) electrons. The maximum atomic E-state index is 6.15. The summed E-state index contributed by atoms with van der Waals surface area (Å²) in [6, 6.07) is 30.1. The van der Waals surface area contributed by atoms with Crippen LogP contribution in [0.1, 0.15) is 5.56 Å². The molecule has 0 aliphatic heterocycles. The van der Waals surface area contributed by atoms with E-state index in [2.05, 4.69) is 28.2 Å². The van der Waals surface area contributed by atoms with Crippen LogP contribution >= 0.6 is 0 Å². The van der Waals surface area contributed by atoms with Crippen LogP contribution in [-0.4, -0.2) is 15.0 Å². The summed E-state index contributed by atoms with van der Waals surface area (Å²) >= 11 is 0. The Morgan fingerprint density at radius 3 is 2.40 bits per heavy atom. The van der Waals surface area contributed by atoms with E-state index in [1.54, 1.807) is 0 Å². The average molecular weight is 389 g/mol. The number of para-hydroxylation sites is 1. The third-order valence-corrected chi connectivity index (χ3v) is 4.92. The lowest BCUT2D eigenvalue weighted by Crippen LogP contribution is -1.97. The molecule has 30 heavy (non-hydrogen) atoms. The number of benzene rings is 3. The van der Waals surface area contributed by atoms with Crippen LogP contribution in [0.2, 0.25) is 0 Å². The Morgan fingerprint density at radius 1 is 0.700 bits per heavy atom. The summed E-state index contributed by atoms with van der Waals surface area (Å²) in [5.74, 6) is 1.87. The van der Waals surface area contributed by atoms with Crippen LogP contribution in [0.25, 0.3) is 33.5 Å². The van der Waals surface area contributed by atoms with E-state index in [1.165, 1.54) is 0 Å². The molecule has 0 fully saturated rings. The molecule has 0 bridgehead atoms. The first kappa shape index (κ1) is 18.0. The summed E-state index contributed by atoms with van der Waals surface area (Å²) < 4.78 is 6.15. The molecule has 0 atom stereocenters. The number of aromatic nitrogens is 3. The molecule has 0 amide bonds. The number of aryl methyl sites for hydroxylation is 1. The highest BCUT2D eigenvalue weighted by Crippen LogP contribution is 2.29. The third kappa shape index (κ3) is 3.63. The van der Waals surface area contributed by atoms with Crippen LogP contribution in [-0.2, 0) is 0 Å². The fraction of sp³-hybridized carbons (Fsp3) is 0.0385. The molecule has 2 aromatic heterocycles. The van der Waals surface area contributed by atoms with E-state index in [-0.39, 0.29) is 0 Å². The van der Waals surface area contributed by atoms with Gasteiger partial charge in [0.25, 0.3) is 0 Å². The smallest absolute Gasteiger partial charge is 0.222 e. The zero-order valence-electron chi connectivity index (χ0n) is 16.5. The molecule has 5 aromatic rings. The molecule has 0 saturated carbocycles. The lowest BCUT2D eigenvalue weighted by Gasteiger charge is -2.11. The van der Waals surface area contributed by atoms with E-state index >= 15 is 0 Å². The summed E-state index contributed by atoms with van der Waals surface area (Å²) in [5, 5.41) is 1.00. The van der Waals surface area contributed by atoms with Gasteiger partial charge in [0.1, 0.15) is 11.4 Å². The maximum absolute atomic E-state index is 6.15. The van der Waals surface area contributed by atoms with Crippen molar-refractivity contribution >= 4 is 10.9 Å². The van der Waals surface area contributed by atoms with Gasteiger partial charge in [0.15, 0.2) is 5.82 Å². The second kappa shape index (κ2) is 7.76.